The third-order valence-electron chi connectivity index (χ3n) is 3.30. The standard InChI is InChI=1S/C16H24O3Si/c1-3-19-20(16-9-5-4-6-10-16)14(2)8-7-11-17-12-15-13-18-15/h4-6,9-10,15,20H,2-3,7-8,11-13H2,1H3. The van der Waals surface area contributed by atoms with E-state index in [2.05, 4.69) is 37.8 Å². The number of hydrogen-bond donors (Lipinski definition) is 0. The smallest absolute Gasteiger partial charge is 0.235 e. The Bertz CT molecular complexity index is 403. The highest BCUT2D eigenvalue weighted by Gasteiger charge is 2.22. The highest BCUT2D eigenvalue weighted by molar-refractivity contribution is 6.74. The lowest BCUT2D eigenvalue weighted by atomic mass is 10.3. The summed E-state index contributed by atoms with van der Waals surface area (Å²) < 4.78 is 16.6. The molecular formula is C16H24O3Si. The molecular weight excluding hydrogens is 268 g/mol. The van der Waals surface area contributed by atoms with Crippen LogP contribution < -0.4 is 5.19 Å². The van der Waals surface area contributed by atoms with Gasteiger partial charge in [0.1, 0.15) is 6.10 Å². The normalized spacial score (nSPS) is 18.8. The van der Waals surface area contributed by atoms with Crippen LogP contribution in [-0.4, -0.2) is 41.6 Å². The van der Waals surface area contributed by atoms with E-state index >= 15 is 0 Å². The zero-order chi connectivity index (χ0) is 14.2. The molecule has 1 saturated heterocycles. The van der Waals surface area contributed by atoms with Gasteiger partial charge >= 0.3 is 0 Å². The van der Waals surface area contributed by atoms with Gasteiger partial charge in [-0.1, -0.05) is 35.5 Å². The van der Waals surface area contributed by atoms with Gasteiger partial charge in [-0.3, -0.25) is 0 Å². The minimum atomic E-state index is -1.52. The summed E-state index contributed by atoms with van der Waals surface area (Å²) in [7, 11) is -1.52. The summed E-state index contributed by atoms with van der Waals surface area (Å²) in [5, 5.41) is 2.57. The first-order valence-corrected chi connectivity index (χ1v) is 8.97. The van der Waals surface area contributed by atoms with Crippen LogP contribution in [0.5, 0.6) is 0 Å². The second-order valence-corrected chi connectivity index (χ2v) is 7.61. The molecule has 20 heavy (non-hydrogen) atoms. The van der Waals surface area contributed by atoms with E-state index in [1.165, 1.54) is 10.4 Å². The van der Waals surface area contributed by atoms with E-state index in [1.54, 1.807) is 0 Å². The van der Waals surface area contributed by atoms with E-state index in [-0.39, 0.29) is 0 Å². The maximum Gasteiger partial charge on any atom is 0.235 e. The van der Waals surface area contributed by atoms with Crippen LogP contribution in [0.3, 0.4) is 0 Å². The molecule has 1 fully saturated rings. The van der Waals surface area contributed by atoms with Crippen LogP contribution in [0.15, 0.2) is 42.1 Å². The molecule has 0 saturated carbocycles. The molecule has 0 spiro atoms. The second-order valence-electron chi connectivity index (χ2n) is 5.04. The Hall–Kier alpha value is -0.943. The van der Waals surface area contributed by atoms with Crippen LogP contribution in [0.25, 0.3) is 0 Å². The van der Waals surface area contributed by atoms with Crippen molar-refractivity contribution in [1.82, 2.24) is 0 Å². The Morgan fingerprint density at radius 2 is 2.15 bits per heavy atom. The van der Waals surface area contributed by atoms with Crippen LogP contribution in [0.1, 0.15) is 19.8 Å². The molecule has 3 nitrogen and oxygen atoms in total. The average molecular weight is 292 g/mol. The minimum Gasteiger partial charge on any atom is -0.412 e. The predicted molar refractivity (Wildman–Crippen MR) is 83.8 cm³/mol. The van der Waals surface area contributed by atoms with E-state index in [9.17, 15) is 0 Å². The third kappa shape index (κ3) is 5.21. The van der Waals surface area contributed by atoms with Gasteiger partial charge in [-0.2, -0.15) is 0 Å². The summed E-state index contributed by atoms with van der Waals surface area (Å²) in [5.41, 5.74) is 0. The molecule has 2 rings (SSSR count). The second kappa shape index (κ2) is 8.37. The van der Waals surface area contributed by atoms with Gasteiger partial charge in [0.15, 0.2) is 0 Å². The molecule has 1 aromatic rings. The lowest BCUT2D eigenvalue weighted by Gasteiger charge is -2.18. The fraction of sp³-hybridized carbons (Fsp3) is 0.500. The van der Waals surface area contributed by atoms with Crippen LogP contribution in [0.2, 0.25) is 0 Å². The van der Waals surface area contributed by atoms with Crippen molar-refractivity contribution in [3.8, 4) is 0 Å². The molecule has 110 valence electrons. The number of epoxide rings is 1. The topological polar surface area (TPSA) is 31.0 Å². The lowest BCUT2D eigenvalue weighted by molar-refractivity contribution is 0.115. The van der Waals surface area contributed by atoms with Crippen molar-refractivity contribution in [2.75, 3.05) is 26.4 Å². The summed E-state index contributed by atoms with van der Waals surface area (Å²) in [4.78, 5) is 0. The van der Waals surface area contributed by atoms with Crippen molar-refractivity contribution < 1.29 is 13.9 Å². The largest absolute Gasteiger partial charge is 0.412 e. The van der Waals surface area contributed by atoms with Crippen LogP contribution >= 0.6 is 0 Å². The number of benzene rings is 1. The van der Waals surface area contributed by atoms with E-state index in [4.69, 9.17) is 13.9 Å². The maximum atomic E-state index is 5.97. The van der Waals surface area contributed by atoms with Crippen LogP contribution in [0, 0.1) is 0 Å². The number of rotatable bonds is 10. The Morgan fingerprint density at radius 1 is 1.40 bits per heavy atom. The monoisotopic (exact) mass is 292 g/mol. The van der Waals surface area contributed by atoms with E-state index in [1.807, 2.05) is 6.07 Å². The maximum absolute atomic E-state index is 5.97. The zero-order valence-electron chi connectivity index (χ0n) is 12.2. The molecule has 4 heteroatoms. The molecule has 1 aliphatic rings. The van der Waals surface area contributed by atoms with Crippen LogP contribution in [-0.2, 0) is 13.9 Å². The summed E-state index contributed by atoms with van der Waals surface area (Å²) in [6, 6.07) is 10.5. The molecule has 0 aliphatic carbocycles. The van der Waals surface area contributed by atoms with Crippen molar-refractivity contribution in [2.45, 2.75) is 25.9 Å². The van der Waals surface area contributed by atoms with E-state index in [0.717, 1.165) is 39.3 Å². The minimum absolute atomic E-state index is 0.355. The van der Waals surface area contributed by atoms with Gasteiger partial charge in [0, 0.05) is 13.2 Å². The van der Waals surface area contributed by atoms with Crippen molar-refractivity contribution >= 4 is 14.2 Å². The highest BCUT2D eigenvalue weighted by atomic mass is 28.3. The van der Waals surface area contributed by atoms with Gasteiger partial charge < -0.3 is 13.9 Å². The van der Waals surface area contributed by atoms with Crippen molar-refractivity contribution in [3.63, 3.8) is 0 Å². The number of hydrogen-bond acceptors (Lipinski definition) is 3. The molecule has 2 atom stereocenters. The van der Waals surface area contributed by atoms with Crippen molar-refractivity contribution in [1.29, 1.82) is 0 Å². The summed E-state index contributed by atoms with van der Waals surface area (Å²) in [6.07, 6.45) is 2.35. The first-order chi connectivity index (χ1) is 9.81. The van der Waals surface area contributed by atoms with Crippen LogP contribution in [0.4, 0.5) is 0 Å². The van der Waals surface area contributed by atoms with Gasteiger partial charge in [-0.15, -0.1) is 6.58 Å². The number of ether oxygens (including phenoxy) is 2. The highest BCUT2D eigenvalue weighted by Crippen LogP contribution is 2.11. The Kier molecular flexibility index (Phi) is 6.46. The summed E-state index contributed by atoms with van der Waals surface area (Å²) in [5.74, 6) is 0. The van der Waals surface area contributed by atoms with Gasteiger partial charge in [-0.25, -0.2) is 0 Å². The molecule has 0 radical (unpaired) electrons. The molecule has 1 aliphatic heterocycles. The third-order valence-corrected chi connectivity index (χ3v) is 5.99. The Labute approximate surface area is 123 Å². The molecule has 0 aromatic heterocycles. The quantitative estimate of drug-likeness (QED) is 0.375. The van der Waals surface area contributed by atoms with E-state index < -0.39 is 9.04 Å². The first kappa shape index (κ1) is 15.4. The van der Waals surface area contributed by atoms with E-state index in [0.29, 0.717) is 6.10 Å². The number of allylic oxidation sites excluding steroid dienone is 1. The van der Waals surface area contributed by atoms with Gasteiger partial charge in [0.2, 0.25) is 9.04 Å². The molecule has 1 aromatic carbocycles. The summed E-state index contributed by atoms with van der Waals surface area (Å²) >= 11 is 0. The average Bonchev–Trinajstić information content (AvgIpc) is 3.29. The van der Waals surface area contributed by atoms with Gasteiger partial charge in [0.05, 0.1) is 13.2 Å². The molecule has 0 N–H and O–H groups in total. The first-order valence-electron chi connectivity index (χ1n) is 7.34. The molecule has 0 bridgehead atoms. The molecule has 1 heterocycles. The predicted octanol–water partition coefficient (Wildman–Crippen LogP) is 1.94. The fourth-order valence-corrected chi connectivity index (χ4v) is 4.43. The fourth-order valence-electron chi connectivity index (χ4n) is 2.16. The van der Waals surface area contributed by atoms with Crippen molar-refractivity contribution in [2.24, 2.45) is 0 Å². The molecule has 2 unspecified atom stereocenters. The Morgan fingerprint density at radius 3 is 2.80 bits per heavy atom. The molecule has 0 amide bonds. The Balaban J connectivity index is 1.74. The van der Waals surface area contributed by atoms with Gasteiger partial charge in [-0.05, 0) is 25.0 Å². The van der Waals surface area contributed by atoms with Crippen molar-refractivity contribution in [3.05, 3.63) is 42.1 Å². The SMILES string of the molecule is C=C(CCCOCC1CO1)[SiH](OCC)c1ccccc1. The summed E-state index contributed by atoms with van der Waals surface area (Å²) in [6.45, 7) is 9.43. The zero-order valence-corrected chi connectivity index (χ0v) is 13.4. The lowest BCUT2D eigenvalue weighted by Crippen LogP contribution is -2.35. The van der Waals surface area contributed by atoms with Gasteiger partial charge in [0.25, 0.3) is 0 Å².